The number of benzene rings is 8. The zero-order chi connectivity index (χ0) is 33.5. The summed E-state index contributed by atoms with van der Waals surface area (Å²) < 4.78 is 6.53. The summed E-state index contributed by atoms with van der Waals surface area (Å²) in [5, 5.41) is 11.5. The van der Waals surface area contributed by atoms with Crippen LogP contribution in [-0.2, 0) is 0 Å². The van der Waals surface area contributed by atoms with Crippen molar-refractivity contribution in [2.45, 2.75) is 0 Å². The molecule has 0 amide bonds. The molecular formula is C48H28N2O. The van der Waals surface area contributed by atoms with Crippen LogP contribution in [0.25, 0.3) is 110 Å². The molecule has 0 atom stereocenters. The summed E-state index contributed by atoms with van der Waals surface area (Å²) in [6, 6.07) is 60.2. The van der Waals surface area contributed by atoms with Gasteiger partial charge in [-0.15, -0.1) is 0 Å². The highest BCUT2D eigenvalue weighted by molar-refractivity contribution is 6.26. The van der Waals surface area contributed by atoms with Crippen LogP contribution >= 0.6 is 0 Å². The molecule has 11 aromatic rings. The molecule has 0 unspecified atom stereocenters. The lowest BCUT2D eigenvalue weighted by Gasteiger charge is -2.15. The first kappa shape index (κ1) is 28.0. The molecule has 0 saturated heterocycles. The SMILES string of the molecule is c1ccc(-c2ccc3ccc4ccc(-c5cccc6c(-c7cc8ccc9c%10ccccc%10oc9c8c8ccccc78)cccc56)nc4c3n2)cc1. The Morgan fingerprint density at radius 2 is 0.922 bits per heavy atom. The van der Waals surface area contributed by atoms with Crippen molar-refractivity contribution in [2.75, 3.05) is 0 Å². The third-order valence-electron chi connectivity index (χ3n) is 10.4. The fourth-order valence-corrected chi connectivity index (χ4v) is 8.05. The van der Waals surface area contributed by atoms with Crippen LogP contribution in [0.4, 0.5) is 0 Å². The molecular weight excluding hydrogens is 621 g/mol. The van der Waals surface area contributed by atoms with Gasteiger partial charge in [-0.2, -0.15) is 0 Å². The van der Waals surface area contributed by atoms with Crippen molar-refractivity contribution >= 4 is 76.1 Å². The van der Waals surface area contributed by atoms with Gasteiger partial charge in [-0.3, -0.25) is 0 Å². The highest BCUT2D eigenvalue weighted by Crippen LogP contribution is 2.43. The van der Waals surface area contributed by atoms with Crippen LogP contribution in [0.5, 0.6) is 0 Å². The number of rotatable bonds is 3. The van der Waals surface area contributed by atoms with Gasteiger partial charge in [-0.05, 0) is 68.4 Å². The van der Waals surface area contributed by atoms with E-state index in [1.54, 1.807) is 0 Å². The molecule has 0 saturated carbocycles. The maximum atomic E-state index is 6.53. The van der Waals surface area contributed by atoms with E-state index in [2.05, 4.69) is 158 Å². The first-order valence-electron chi connectivity index (χ1n) is 17.3. The van der Waals surface area contributed by atoms with E-state index >= 15 is 0 Å². The van der Waals surface area contributed by atoms with Crippen molar-refractivity contribution in [2.24, 2.45) is 0 Å². The molecule has 0 bridgehead atoms. The lowest BCUT2D eigenvalue weighted by atomic mass is 9.89. The molecule has 0 spiro atoms. The molecule has 51 heavy (non-hydrogen) atoms. The maximum Gasteiger partial charge on any atom is 0.143 e. The van der Waals surface area contributed by atoms with Gasteiger partial charge < -0.3 is 4.42 Å². The van der Waals surface area contributed by atoms with Crippen molar-refractivity contribution < 1.29 is 4.42 Å². The minimum atomic E-state index is 0.911. The zero-order valence-corrected chi connectivity index (χ0v) is 27.5. The van der Waals surface area contributed by atoms with Gasteiger partial charge in [0.1, 0.15) is 11.2 Å². The average molecular weight is 649 g/mol. The summed E-state index contributed by atoms with van der Waals surface area (Å²) in [6.07, 6.45) is 0. The van der Waals surface area contributed by atoms with E-state index in [9.17, 15) is 0 Å². The fourth-order valence-electron chi connectivity index (χ4n) is 8.05. The smallest absolute Gasteiger partial charge is 0.143 e. The van der Waals surface area contributed by atoms with Gasteiger partial charge in [0.25, 0.3) is 0 Å². The Bertz CT molecular complexity index is 3190. The normalized spacial score (nSPS) is 11.9. The first-order valence-corrected chi connectivity index (χ1v) is 17.3. The van der Waals surface area contributed by atoms with E-state index in [1.165, 1.54) is 27.3 Å². The Balaban J connectivity index is 1.12. The molecule has 0 aliphatic heterocycles. The molecule has 0 aliphatic rings. The van der Waals surface area contributed by atoms with E-state index in [0.29, 0.717) is 0 Å². The second-order valence-corrected chi connectivity index (χ2v) is 13.3. The van der Waals surface area contributed by atoms with Crippen LogP contribution in [-0.4, -0.2) is 9.97 Å². The Morgan fingerprint density at radius 1 is 0.353 bits per heavy atom. The molecule has 3 nitrogen and oxygen atoms in total. The van der Waals surface area contributed by atoms with Gasteiger partial charge in [0, 0.05) is 38.1 Å². The molecule has 3 aromatic heterocycles. The summed E-state index contributed by atoms with van der Waals surface area (Å²) in [5.74, 6) is 0. The van der Waals surface area contributed by atoms with Crippen LogP contribution in [0.1, 0.15) is 0 Å². The topological polar surface area (TPSA) is 38.9 Å². The average Bonchev–Trinajstić information content (AvgIpc) is 3.59. The third-order valence-corrected chi connectivity index (χ3v) is 10.4. The summed E-state index contributed by atoms with van der Waals surface area (Å²) in [5.41, 5.74) is 10.1. The van der Waals surface area contributed by atoms with E-state index in [0.717, 1.165) is 82.4 Å². The highest BCUT2D eigenvalue weighted by atomic mass is 16.3. The first-order chi connectivity index (χ1) is 25.3. The van der Waals surface area contributed by atoms with Gasteiger partial charge in [-0.25, -0.2) is 9.97 Å². The Morgan fingerprint density at radius 3 is 1.73 bits per heavy atom. The van der Waals surface area contributed by atoms with Crippen molar-refractivity contribution in [1.29, 1.82) is 0 Å². The third kappa shape index (κ3) is 4.25. The van der Waals surface area contributed by atoms with Crippen molar-refractivity contribution in [1.82, 2.24) is 9.97 Å². The summed E-state index contributed by atoms with van der Waals surface area (Å²) in [4.78, 5) is 10.5. The Kier molecular flexibility index (Phi) is 5.96. The molecule has 11 rings (SSSR count). The lowest BCUT2D eigenvalue weighted by molar-refractivity contribution is 0.673. The number of hydrogen-bond acceptors (Lipinski definition) is 3. The molecule has 236 valence electrons. The highest BCUT2D eigenvalue weighted by Gasteiger charge is 2.18. The monoisotopic (exact) mass is 648 g/mol. The Labute approximate surface area is 293 Å². The number of furan rings is 1. The zero-order valence-electron chi connectivity index (χ0n) is 27.5. The largest absolute Gasteiger partial charge is 0.455 e. The molecule has 0 radical (unpaired) electrons. The van der Waals surface area contributed by atoms with Gasteiger partial charge >= 0.3 is 0 Å². The summed E-state index contributed by atoms with van der Waals surface area (Å²) in [7, 11) is 0. The van der Waals surface area contributed by atoms with Crippen molar-refractivity contribution in [3.63, 3.8) is 0 Å². The van der Waals surface area contributed by atoms with Crippen molar-refractivity contribution in [3.05, 3.63) is 170 Å². The molecule has 8 aromatic carbocycles. The van der Waals surface area contributed by atoms with E-state index in [4.69, 9.17) is 14.4 Å². The van der Waals surface area contributed by atoms with E-state index in [1.807, 2.05) is 12.1 Å². The lowest BCUT2D eigenvalue weighted by Crippen LogP contribution is -1.92. The van der Waals surface area contributed by atoms with Crippen LogP contribution in [0.2, 0.25) is 0 Å². The molecule has 0 N–H and O–H groups in total. The quantitative estimate of drug-likeness (QED) is 0.179. The van der Waals surface area contributed by atoms with Gasteiger partial charge in [0.2, 0.25) is 0 Å². The minimum Gasteiger partial charge on any atom is -0.455 e. The second-order valence-electron chi connectivity index (χ2n) is 13.3. The number of hydrogen-bond donors (Lipinski definition) is 0. The van der Waals surface area contributed by atoms with Crippen LogP contribution in [0.3, 0.4) is 0 Å². The summed E-state index contributed by atoms with van der Waals surface area (Å²) in [6.45, 7) is 0. The maximum absolute atomic E-state index is 6.53. The fraction of sp³-hybridized carbons (Fsp3) is 0. The number of pyridine rings is 2. The van der Waals surface area contributed by atoms with Crippen LogP contribution < -0.4 is 0 Å². The van der Waals surface area contributed by atoms with Crippen molar-refractivity contribution in [3.8, 4) is 33.6 Å². The number of fused-ring (bicyclic) bond motifs is 11. The van der Waals surface area contributed by atoms with Crippen LogP contribution in [0.15, 0.2) is 174 Å². The number of nitrogens with zero attached hydrogens (tertiary/aromatic N) is 2. The molecule has 3 heteroatoms. The Hall–Kier alpha value is -6.84. The number of para-hydroxylation sites is 1. The molecule has 0 fully saturated rings. The van der Waals surface area contributed by atoms with Gasteiger partial charge in [0.15, 0.2) is 0 Å². The standard InChI is InChI=1S/C48H28N2O/c1-2-10-29(11-3-1)42-26-23-30-20-21-31-24-27-43(50-47(31)46(30)49-42)37-18-9-15-33-34(37)16-8-17-35(33)41-28-32-22-25-40-38-13-6-7-19-44(38)51-48(40)45(32)39-14-5-4-12-36(39)41/h1-28H. The predicted molar refractivity (Wildman–Crippen MR) is 213 cm³/mol. The molecule has 0 aliphatic carbocycles. The minimum absolute atomic E-state index is 0.911. The predicted octanol–water partition coefficient (Wildman–Crippen LogP) is 13.1. The summed E-state index contributed by atoms with van der Waals surface area (Å²) >= 11 is 0. The van der Waals surface area contributed by atoms with E-state index < -0.39 is 0 Å². The second kappa shape index (κ2) is 10.8. The molecule has 3 heterocycles. The van der Waals surface area contributed by atoms with Gasteiger partial charge in [-0.1, -0.05) is 140 Å². The number of aromatic nitrogens is 2. The van der Waals surface area contributed by atoms with E-state index in [-0.39, 0.29) is 0 Å². The van der Waals surface area contributed by atoms with Crippen LogP contribution in [0, 0.1) is 0 Å². The van der Waals surface area contributed by atoms with Gasteiger partial charge in [0.05, 0.1) is 22.4 Å².